The Morgan fingerprint density at radius 1 is 1.32 bits per heavy atom. The zero-order valence-electron chi connectivity index (χ0n) is 11.5. The van der Waals surface area contributed by atoms with Gasteiger partial charge in [0.1, 0.15) is 0 Å². The molecule has 1 aliphatic carbocycles. The van der Waals surface area contributed by atoms with Crippen LogP contribution < -0.4 is 5.32 Å². The predicted octanol–water partition coefficient (Wildman–Crippen LogP) is 5.32. The van der Waals surface area contributed by atoms with E-state index in [9.17, 15) is 0 Å². The monoisotopic (exact) mass is 317 g/mol. The van der Waals surface area contributed by atoms with Gasteiger partial charge in [-0.15, -0.1) is 0 Å². The van der Waals surface area contributed by atoms with E-state index < -0.39 is 0 Å². The molecule has 1 fully saturated rings. The molecular formula is C15H21Cl2NS. The van der Waals surface area contributed by atoms with Crippen LogP contribution in [-0.4, -0.2) is 17.5 Å². The lowest BCUT2D eigenvalue weighted by Gasteiger charge is -2.26. The van der Waals surface area contributed by atoms with E-state index in [1.165, 1.54) is 24.8 Å². The number of nitrogens with one attached hydrogen (secondary N) is 1. The molecule has 3 atom stereocenters. The summed E-state index contributed by atoms with van der Waals surface area (Å²) < 4.78 is 0. The van der Waals surface area contributed by atoms with E-state index in [1.54, 1.807) is 0 Å². The fraction of sp³-hybridized carbons (Fsp3) is 0.600. The fourth-order valence-electron chi connectivity index (χ4n) is 2.84. The smallest absolute Gasteiger partial charge is 0.0595 e. The lowest BCUT2D eigenvalue weighted by Crippen LogP contribution is -2.36. The van der Waals surface area contributed by atoms with Gasteiger partial charge in [0.25, 0.3) is 0 Å². The highest BCUT2D eigenvalue weighted by molar-refractivity contribution is 7.99. The molecule has 1 saturated carbocycles. The number of benzene rings is 1. The largest absolute Gasteiger partial charge is 0.306 e. The van der Waals surface area contributed by atoms with Crippen molar-refractivity contribution in [1.29, 1.82) is 0 Å². The number of halogens is 2. The molecule has 4 heteroatoms. The first-order valence-electron chi connectivity index (χ1n) is 6.89. The van der Waals surface area contributed by atoms with Gasteiger partial charge in [-0.25, -0.2) is 0 Å². The van der Waals surface area contributed by atoms with Crippen molar-refractivity contribution in [3.63, 3.8) is 0 Å². The van der Waals surface area contributed by atoms with Gasteiger partial charge in [0, 0.05) is 17.3 Å². The molecule has 0 spiro atoms. The maximum absolute atomic E-state index is 6.12. The molecule has 1 aromatic carbocycles. The van der Waals surface area contributed by atoms with Crippen molar-refractivity contribution in [3.8, 4) is 0 Å². The Labute approximate surface area is 130 Å². The summed E-state index contributed by atoms with van der Waals surface area (Å²) in [6.07, 6.45) is 7.22. The highest BCUT2D eigenvalue weighted by Gasteiger charge is 2.28. The predicted molar refractivity (Wildman–Crippen MR) is 87.6 cm³/mol. The van der Waals surface area contributed by atoms with Crippen LogP contribution in [0.4, 0.5) is 0 Å². The second-order valence-corrected chi connectivity index (χ2v) is 7.00. The van der Waals surface area contributed by atoms with Crippen molar-refractivity contribution >= 4 is 35.0 Å². The Balaban J connectivity index is 2.09. The molecule has 0 aromatic heterocycles. The zero-order valence-corrected chi connectivity index (χ0v) is 13.8. The van der Waals surface area contributed by atoms with Crippen molar-refractivity contribution in [2.75, 3.05) is 6.26 Å². The molecule has 1 aliphatic rings. The van der Waals surface area contributed by atoms with Gasteiger partial charge in [0.15, 0.2) is 0 Å². The van der Waals surface area contributed by atoms with Gasteiger partial charge in [-0.05, 0) is 43.2 Å². The second-order valence-electron chi connectivity index (χ2n) is 5.11. The first kappa shape index (κ1) is 15.5. The maximum atomic E-state index is 6.12. The highest BCUT2D eigenvalue weighted by atomic mass is 35.5. The van der Waals surface area contributed by atoms with Gasteiger partial charge in [-0.2, -0.15) is 11.8 Å². The van der Waals surface area contributed by atoms with E-state index in [2.05, 4.69) is 24.6 Å². The Hall–Kier alpha value is 0.110. The molecule has 0 amide bonds. The normalized spacial score (nSPS) is 24.6. The van der Waals surface area contributed by atoms with Crippen LogP contribution in [0, 0.1) is 0 Å². The summed E-state index contributed by atoms with van der Waals surface area (Å²) in [4.78, 5) is 0. The van der Waals surface area contributed by atoms with E-state index in [0.717, 1.165) is 11.7 Å². The standard InChI is InChI=1S/C15H21Cl2NS/c1-3-13(10-7-8-11(16)12(17)9-10)18-14-5-4-6-15(14)19-2/h7-9,13-15,18H,3-6H2,1-2H3. The zero-order chi connectivity index (χ0) is 13.8. The molecule has 0 aliphatic heterocycles. The Morgan fingerprint density at radius 2 is 2.11 bits per heavy atom. The number of thioether (sulfide) groups is 1. The Morgan fingerprint density at radius 3 is 2.74 bits per heavy atom. The summed E-state index contributed by atoms with van der Waals surface area (Å²) >= 11 is 14.1. The molecule has 0 radical (unpaired) electrons. The van der Waals surface area contributed by atoms with E-state index >= 15 is 0 Å². The fourth-order valence-corrected chi connectivity index (χ4v) is 4.09. The Kier molecular flexibility index (Phi) is 5.88. The van der Waals surface area contributed by atoms with Gasteiger partial charge >= 0.3 is 0 Å². The molecule has 0 heterocycles. The summed E-state index contributed by atoms with van der Waals surface area (Å²) in [5.41, 5.74) is 1.24. The van der Waals surface area contributed by atoms with Crippen molar-refractivity contribution in [3.05, 3.63) is 33.8 Å². The third-order valence-electron chi connectivity index (χ3n) is 3.92. The van der Waals surface area contributed by atoms with Crippen LogP contribution in [0.3, 0.4) is 0 Å². The molecule has 19 heavy (non-hydrogen) atoms. The van der Waals surface area contributed by atoms with Gasteiger partial charge < -0.3 is 5.32 Å². The number of rotatable bonds is 5. The summed E-state index contributed by atoms with van der Waals surface area (Å²) in [6.45, 7) is 2.21. The Bertz CT molecular complexity index is 425. The van der Waals surface area contributed by atoms with Crippen LogP contribution in [0.2, 0.25) is 10.0 Å². The lowest BCUT2D eigenvalue weighted by atomic mass is 10.0. The van der Waals surface area contributed by atoms with Crippen LogP contribution in [0.5, 0.6) is 0 Å². The first-order valence-corrected chi connectivity index (χ1v) is 8.93. The van der Waals surface area contributed by atoms with Crippen molar-refractivity contribution in [1.82, 2.24) is 5.32 Å². The van der Waals surface area contributed by atoms with Crippen molar-refractivity contribution < 1.29 is 0 Å². The van der Waals surface area contributed by atoms with Gasteiger partial charge in [0.05, 0.1) is 10.0 Å². The minimum absolute atomic E-state index is 0.368. The average Bonchev–Trinajstić information content (AvgIpc) is 2.86. The van der Waals surface area contributed by atoms with Gasteiger partial charge in [-0.3, -0.25) is 0 Å². The minimum Gasteiger partial charge on any atom is -0.306 e. The molecule has 0 saturated heterocycles. The summed E-state index contributed by atoms with van der Waals surface area (Å²) in [6, 6.07) is 6.96. The summed E-state index contributed by atoms with van der Waals surface area (Å²) in [5.74, 6) is 0. The van der Waals surface area contributed by atoms with E-state index in [0.29, 0.717) is 22.1 Å². The third-order valence-corrected chi connectivity index (χ3v) is 5.83. The molecule has 106 valence electrons. The van der Waals surface area contributed by atoms with E-state index in [4.69, 9.17) is 23.2 Å². The van der Waals surface area contributed by atoms with Crippen LogP contribution in [0.15, 0.2) is 18.2 Å². The topological polar surface area (TPSA) is 12.0 Å². The average molecular weight is 318 g/mol. The molecule has 1 nitrogen and oxygen atoms in total. The van der Waals surface area contributed by atoms with E-state index in [1.807, 2.05) is 23.9 Å². The number of hydrogen-bond acceptors (Lipinski definition) is 2. The van der Waals surface area contributed by atoms with E-state index in [-0.39, 0.29) is 0 Å². The van der Waals surface area contributed by atoms with Crippen molar-refractivity contribution in [2.45, 2.75) is 49.9 Å². The van der Waals surface area contributed by atoms with Crippen LogP contribution >= 0.6 is 35.0 Å². The van der Waals surface area contributed by atoms with Crippen molar-refractivity contribution in [2.24, 2.45) is 0 Å². The summed E-state index contributed by atoms with van der Waals surface area (Å²) in [7, 11) is 0. The lowest BCUT2D eigenvalue weighted by molar-refractivity contribution is 0.436. The van der Waals surface area contributed by atoms with Crippen LogP contribution in [-0.2, 0) is 0 Å². The van der Waals surface area contributed by atoms with Crippen LogP contribution in [0.25, 0.3) is 0 Å². The molecule has 3 unspecified atom stereocenters. The minimum atomic E-state index is 0.368. The SMILES string of the molecule is CCC(NC1CCCC1SC)c1ccc(Cl)c(Cl)c1. The van der Waals surface area contributed by atoms with Gasteiger partial charge in [0.2, 0.25) is 0 Å². The quantitative estimate of drug-likeness (QED) is 0.789. The summed E-state index contributed by atoms with van der Waals surface area (Å²) in [5, 5.41) is 5.83. The maximum Gasteiger partial charge on any atom is 0.0595 e. The molecule has 1 N–H and O–H groups in total. The molecule has 2 rings (SSSR count). The van der Waals surface area contributed by atoms with Crippen LogP contribution in [0.1, 0.15) is 44.2 Å². The third kappa shape index (κ3) is 3.81. The number of hydrogen-bond donors (Lipinski definition) is 1. The molecular weight excluding hydrogens is 297 g/mol. The highest BCUT2D eigenvalue weighted by Crippen LogP contribution is 2.32. The molecule has 1 aromatic rings. The first-order chi connectivity index (χ1) is 9.15. The molecule has 0 bridgehead atoms. The van der Waals surface area contributed by atoms with Gasteiger partial charge in [-0.1, -0.05) is 42.6 Å². The second kappa shape index (κ2) is 7.21.